The smallest absolute Gasteiger partial charge is 0.0558 e. The molecule has 0 unspecified atom stereocenters. The monoisotopic (exact) mass is 197 g/mol. The minimum atomic E-state index is 0.266. The predicted molar refractivity (Wildman–Crippen MR) is 62.4 cm³/mol. The Kier molecular flexibility index (Phi) is 10.0. The van der Waals surface area contributed by atoms with Gasteiger partial charge in [-0.15, -0.1) is 0 Å². The molecule has 0 aromatic carbocycles. The van der Waals surface area contributed by atoms with E-state index in [9.17, 15) is 0 Å². The second-order valence-electron chi connectivity index (χ2n) is 3.25. The minimum Gasteiger partial charge on any atom is -0.395 e. The Labute approximate surface area is 87.9 Å². The highest BCUT2D eigenvalue weighted by Gasteiger charge is 1.98. The predicted octanol–water partition coefficient (Wildman–Crippen LogP) is 2.21. The molecule has 0 aromatic heterocycles. The third kappa shape index (κ3) is 8.02. The number of hydrogen-bond donors (Lipinski definition) is 1. The van der Waals surface area contributed by atoms with Gasteiger partial charge in [0.25, 0.3) is 0 Å². The van der Waals surface area contributed by atoms with Crippen molar-refractivity contribution in [2.24, 2.45) is 0 Å². The fraction of sp³-hybridized carbons (Fsp3) is 0.667. The summed E-state index contributed by atoms with van der Waals surface area (Å²) in [6.07, 6.45) is 10.6. The van der Waals surface area contributed by atoms with E-state index in [0.29, 0.717) is 0 Å². The van der Waals surface area contributed by atoms with Crippen molar-refractivity contribution >= 4 is 0 Å². The zero-order valence-electron chi connectivity index (χ0n) is 9.45. The number of aliphatic hydroxyl groups is 1. The molecule has 0 saturated carbocycles. The number of rotatable bonds is 8. The Morgan fingerprint density at radius 3 is 2.57 bits per heavy atom. The van der Waals surface area contributed by atoms with Crippen molar-refractivity contribution in [1.82, 2.24) is 4.90 Å². The molecule has 82 valence electrons. The number of hydrogen-bond acceptors (Lipinski definition) is 2. The Morgan fingerprint density at radius 2 is 2.00 bits per heavy atom. The Balaban J connectivity index is 3.41. The van der Waals surface area contributed by atoms with Gasteiger partial charge in [-0.05, 0) is 32.9 Å². The van der Waals surface area contributed by atoms with E-state index < -0.39 is 0 Å². The lowest BCUT2D eigenvalue weighted by atomic mass is 10.2. The molecule has 0 fully saturated rings. The van der Waals surface area contributed by atoms with E-state index in [1.165, 1.54) is 6.42 Å². The standard InChI is InChI=1S/C12H23NO/c1-3-5-6-7-8-9-10-13(4-2)11-12-14/h3,5-7,14H,4,8-12H2,1-2H3. The summed E-state index contributed by atoms with van der Waals surface area (Å²) in [7, 11) is 0. The molecule has 0 saturated heterocycles. The van der Waals surface area contributed by atoms with Crippen LogP contribution in [-0.4, -0.2) is 36.2 Å². The van der Waals surface area contributed by atoms with Crippen LogP contribution in [0.5, 0.6) is 0 Å². The zero-order valence-corrected chi connectivity index (χ0v) is 9.45. The molecule has 0 amide bonds. The SMILES string of the molecule is CC=CC=CCCCN(CC)CCO. The molecule has 0 heterocycles. The van der Waals surface area contributed by atoms with Gasteiger partial charge in [0.2, 0.25) is 0 Å². The number of allylic oxidation sites excluding steroid dienone is 4. The van der Waals surface area contributed by atoms with Gasteiger partial charge in [-0.1, -0.05) is 31.2 Å². The molecular formula is C12H23NO. The highest BCUT2D eigenvalue weighted by molar-refractivity contribution is 5.00. The second kappa shape index (κ2) is 10.5. The van der Waals surface area contributed by atoms with Gasteiger partial charge in [0.05, 0.1) is 6.61 Å². The van der Waals surface area contributed by atoms with E-state index in [1.807, 2.05) is 19.1 Å². The van der Waals surface area contributed by atoms with Crippen LogP contribution in [0.25, 0.3) is 0 Å². The van der Waals surface area contributed by atoms with Crippen LogP contribution >= 0.6 is 0 Å². The van der Waals surface area contributed by atoms with E-state index in [-0.39, 0.29) is 6.61 Å². The molecule has 1 N–H and O–H groups in total. The molecular weight excluding hydrogens is 174 g/mol. The molecule has 0 atom stereocenters. The van der Waals surface area contributed by atoms with Gasteiger partial charge in [-0.25, -0.2) is 0 Å². The molecule has 0 rings (SSSR count). The third-order valence-electron chi connectivity index (χ3n) is 2.15. The molecule has 0 spiro atoms. The molecule has 0 radical (unpaired) electrons. The lowest BCUT2D eigenvalue weighted by molar-refractivity contribution is 0.201. The first-order valence-corrected chi connectivity index (χ1v) is 5.46. The van der Waals surface area contributed by atoms with Crippen LogP contribution in [-0.2, 0) is 0 Å². The van der Waals surface area contributed by atoms with Crippen molar-refractivity contribution in [3.63, 3.8) is 0 Å². The number of nitrogens with zero attached hydrogens (tertiary/aromatic N) is 1. The van der Waals surface area contributed by atoms with Crippen molar-refractivity contribution < 1.29 is 5.11 Å². The van der Waals surface area contributed by atoms with Crippen LogP contribution in [0.3, 0.4) is 0 Å². The molecule has 0 bridgehead atoms. The van der Waals surface area contributed by atoms with Gasteiger partial charge < -0.3 is 10.0 Å². The van der Waals surface area contributed by atoms with Gasteiger partial charge in [0.1, 0.15) is 0 Å². The maximum atomic E-state index is 8.78. The largest absolute Gasteiger partial charge is 0.395 e. The third-order valence-corrected chi connectivity index (χ3v) is 2.15. The zero-order chi connectivity index (χ0) is 10.6. The average molecular weight is 197 g/mol. The lowest BCUT2D eigenvalue weighted by Gasteiger charge is -2.18. The van der Waals surface area contributed by atoms with Crippen LogP contribution in [0, 0.1) is 0 Å². The number of aliphatic hydroxyl groups excluding tert-OH is 1. The quantitative estimate of drug-likeness (QED) is 0.476. The fourth-order valence-electron chi connectivity index (χ4n) is 1.29. The molecule has 0 aliphatic rings. The second-order valence-corrected chi connectivity index (χ2v) is 3.25. The normalized spacial score (nSPS) is 12.3. The highest BCUT2D eigenvalue weighted by Crippen LogP contribution is 1.96. The van der Waals surface area contributed by atoms with E-state index in [0.717, 1.165) is 26.1 Å². The van der Waals surface area contributed by atoms with E-state index in [4.69, 9.17) is 5.11 Å². The maximum absolute atomic E-state index is 8.78. The molecule has 0 aliphatic carbocycles. The van der Waals surface area contributed by atoms with Gasteiger partial charge in [0.15, 0.2) is 0 Å². The summed E-state index contributed by atoms with van der Waals surface area (Å²) in [6.45, 7) is 7.32. The number of likely N-dealkylation sites (N-methyl/N-ethyl adjacent to an activating group) is 1. The van der Waals surface area contributed by atoms with Crippen LogP contribution in [0.15, 0.2) is 24.3 Å². The van der Waals surface area contributed by atoms with Crippen LogP contribution in [0.4, 0.5) is 0 Å². The fourth-order valence-corrected chi connectivity index (χ4v) is 1.29. The van der Waals surface area contributed by atoms with E-state index in [1.54, 1.807) is 0 Å². The Hall–Kier alpha value is -0.600. The van der Waals surface area contributed by atoms with Crippen molar-refractivity contribution in [3.05, 3.63) is 24.3 Å². The van der Waals surface area contributed by atoms with E-state index in [2.05, 4.69) is 24.0 Å². The minimum absolute atomic E-state index is 0.266. The molecule has 14 heavy (non-hydrogen) atoms. The maximum Gasteiger partial charge on any atom is 0.0558 e. The summed E-state index contributed by atoms with van der Waals surface area (Å²) >= 11 is 0. The summed E-state index contributed by atoms with van der Waals surface area (Å²) < 4.78 is 0. The summed E-state index contributed by atoms with van der Waals surface area (Å²) in [5.41, 5.74) is 0. The molecule has 0 aliphatic heterocycles. The van der Waals surface area contributed by atoms with E-state index >= 15 is 0 Å². The van der Waals surface area contributed by atoms with Crippen molar-refractivity contribution in [2.45, 2.75) is 26.7 Å². The number of unbranched alkanes of at least 4 members (excludes halogenated alkanes) is 1. The average Bonchev–Trinajstić information content (AvgIpc) is 2.21. The van der Waals surface area contributed by atoms with Gasteiger partial charge in [0, 0.05) is 6.54 Å². The molecule has 2 nitrogen and oxygen atoms in total. The summed E-state index contributed by atoms with van der Waals surface area (Å²) in [6, 6.07) is 0. The highest BCUT2D eigenvalue weighted by atomic mass is 16.3. The topological polar surface area (TPSA) is 23.5 Å². The first-order chi connectivity index (χ1) is 6.85. The van der Waals surface area contributed by atoms with Gasteiger partial charge in [-0.2, -0.15) is 0 Å². The van der Waals surface area contributed by atoms with Crippen LogP contribution < -0.4 is 0 Å². The molecule has 0 aromatic rings. The lowest BCUT2D eigenvalue weighted by Crippen LogP contribution is -2.27. The summed E-state index contributed by atoms with van der Waals surface area (Å²) in [5, 5.41) is 8.78. The Morgan fingerprint density at radius 1 is 1.21 bits per heavy atom. The van der Waals surface area contributed by atoms with Crippen molar-refractivity contribution in [2.75, 3.05) is 26.2 Å². The van der Waals surface area contributed by atoms with Crippen LogP contribution in [0.2, 0.25) is 0 Å². The van der Waals surface area contributed by atoms with Crippen LogP contribution in [0.1, 0.15) is 26.7 Å². The first kappa shape index (κ1) is 13.4. The summed E-state index contributed by atoms with van der Waals surface area (Å²) in [4.78, 5) is 2.27. The van der Waals surface area contributed by atoms with Crippen molar-refractivity contribution in [1.29, 1.82) is 0 Å². The van der Waals surface area contributed by atoms with Gasteiger partial charge in [-0.3, -0.25) is 0 Å². The first-order valence-electron chi connectivity index (χ1n) is 5.46. The van der Waals surface area contributed by atoms with Crippen molar-refractivity contribution in [3.8, 4) is 0 Å². The molecule has 2 heteroatoms. The summed E-state index contributed by atoms with van der Waals surface area (Å²) in [5.74, 6) is 0. The Bertz CT molecular complexity index is 164. The van der Waals surface area contributed by atoms with Gasteiger partial charge >= 0.3 is 0 Å².